The first-order valence-corrected chi connectivity index (χ1v) is 11.2. The molecule has 0 fully saturated rings. The lowest BCUT2D eigenvalue weighted by molar-refractivity contribution is -0.138. The van der Waals surface area contributed by atoms with Crippen molar-refractivity contribution in [2.45, 2.75) is 53.0 Å². The first-order chi connectivity index (χ1) is 14.5. The highest BCUT2D eigenvalue weighted by Crippen LogP contribution is 2.23. The van der Waals surface area contributed by atoms with Gasteiger partial charge in [-0.3, -0.25) is 4.79 Å². The van der Waals surface area contributed by atoms with Crippen LogP contribution in [0.1, 0.15) is 52.0 Å². The molecule has 2 N–H and O–H groups in total. The Morgan fingerprint density at radius 3 is 2.48 bits per heavy atom. The summed E-state index contributed by atoms with van der Waals surface area (Å²) in [6.07, 6.45) is 2.27. The van der Waals surface area contributed by atoms with E-state index in [-0.39, 0.29) is 28.6 Å². The van der Waals surface area contributed by atoms with Crippen LogP contribution in [0.2, 0.25) is 0 Å². The van der Waals surface area contributed by atoms with Gasteiger partial charge >= 0.3 is 5.97 Å². The van der Waals surface area contributed by atoms with Crippen molar-refractivity contribution in [3.63, 3.8) is 0 Å². The predicted octanol–water partition coefficient (Wildman–Crippen LogP) is 4.03. The monoisotopic (exact) mass is 453 g/mol. The summed E-state index contributed by atoms with van der Waals surface area (Å²) in [5, 5.41) is 13.1. The molecule has 1 unspecified atom stereocenters. The maximum atomic E-state index is 14.5. The fourth-order valence-electron chi connectivity index (χ4n) is 2.40. The number of halogens is 1. The fourth-order valence-corrected chi connectivity index (χ4v) is 3.42. The first kappa shape index (κ1) is 26.2. The summed E-state index contributed by atoms with van der Waals surface area (Å²) in [6, 6.07) is 2.53. The number of nitrogens with zero attached hydrogens (tertiary/aromatic N) is 2. The zero-order chi connectivity index (χ0) is 23.8. The second-order valence-electron chi connectivity index (χ2n) is 6.65. The van der Waals surface area contributed by atoms with Gasteiger partial charge in [0.2, 0.25) is 21.7 Å². The number of benzene rings is 1. The van der Waals surface area contributed by atoms with E-state index in [1.165, 1.54) is 31.2 Å². The molecule has 0 aliphatic carbocycles. The van der Waals surface area contributed by atoms with E-state index >= 15 is 0 Å². The minimum absolute atomic E-state index is 0.0125. The molecular weight excluding hydrogens is 425 g/mol. The Labute approximate surface area is 181 Å². The van der Waals surface area contributed by atoms with Gasteiger partial charge in [-0.25, -0.2) is 12.8 Å². The van der Waals surface area contributed by atoms with E-state index < -0.39 is 27.9 Å². The number of nitrogens with one attached hydrogen (secondary N) is 1. The van der Waals surface area contributed by atoms with E-state index in [9.17, 15) is 22.7 Å². The number of carboxylic acids is 1. The number of aliphatic carboxylic acids is 1. The number of sulfonamides is 1. The van der Waals surface area contributed by atoms with Crippen LogP contribution in [0.3, 0.4) is 0 Å². The number of carbonyl (C=O) groups is 1. The van der Waals surface area contributed by atoms with E-state index in [0.717, 1.165) is 6.07 Å². The summed E-state index contributed by atoms with van der Waals surface area (Å²) in [7, 11) is -4.02. The van der Waals surface area contributed by atoms with Crippen LogP contribution in [-0.2, 0) is 21.2 Å². The molecule has 31 heavy (non-hydrogen) atoms. The minimum Gasteiger partial charge on any atom is -0.480 e. The van der Waals surface area contributed by atoms with Gasteiger partial charge in [-0.1, -0.05) is 51.6 Å². The van der Waals surface area contributed by atoms with Crippen molar-refractivity contribution in [3.05, 3.63) is 59.1 Å². The number of hydrogen-bond acceptors (Lipinski definition) is 6. The molecule has 0 bridgehead atoms. The molecule has 0 radical (unpaired) electrons. The molecule has 1 aromatic heterocycles. The molecule has 0 aliphatic rings. The van der Waals surface area contributed by atoms with Crippen LogP contribution < -0.4 is 4.72 Å². The number of aromatic nitrogens is 2. The van der Waals surface area contributed by atoms with Crippen LogP contribution in [0.25, 0.3) is 11.4 Å². The molecule has 0 aliphatic heterocycles. The molecule has 1 aromatic carbocycles. The molecule has 2 aromatic rings. The van der Waals surface area contributed by atoms with Crippen molar-refractivity contribution < 1.29 is 27.2 Å². The van der Waals surface area contributed by atoms with E-state index in [0.29, 0.717) is 11.5 Å². The Balaban J connectivity index is 0.00000233. The summed E-state index contributed by atoms with van der Waals surface area (Å²) in [5.41, 5.74) is 0.390. The van der Waals surface area contributed by atoms with Gasteiger partial charge in [0.05, 0.1) is 10.5 Å². The van der Waals surface area contributed by atoms with Gasteiger partial charge in [-0.15, -0.1) is 0 Å². The Bertz CT molecular complexity index is 1050. The molecule has 170 valence electrons. The second-order valence-corrected chi connectivity index (χ2v) is 8.54. The zero-order valence-corrected chi connectivity index (χ0v) is 19.0. The van der Waals surface area contributed by atoms with Crippen molar-refractivity contribution in [2.75, 3.05) is 0 Å². The van der Waals surface area contributed by atoms with Crippen LogP contribution in [0.5, 0.6) is 0 Å². The van der Waals surface area contributed by atoms with Gasteiger partial charge in [0.1, 0.15) is 11.9 Å². The summed E-state index contributed by atoms with van der Waals surface area (Å²) >= 11 is 0. The third kappa shape index (κ3) is 7.11. The van der Waals surface area contributed by atoms with Crippen molar-refractivity contribution in [2.24, 2.45) is 0 Å². The SMILES string of the molecule is C=C/C=C(\C)S(=O)(=O)NC(Cc1ccc(-c2noc(C(C)C)n2)c(F)c1)C(=O)O.CC. The smallest absolute Gasteiger partial charge is 0.322 e. The number of allylic oxidation sites excluding steroid dienone is 3. The average molecular weight is 454 g/mol. The third-order valence-corrected chi connectivity index (χ3v) is 5.60. The predicted molar refractivity (Wildman–Crippen MR) is 116 cm³/mol. The molecule has 10 heteroatoms. The highest BCUT2D eigenvalue weighted by atomic mass is 32.2. The summed E-state index contributed by atoms with van der Waals surface area (Å²) in [6.45, 7) is 12.4. The van der Waals surface area contributed by atoms with Crippen molar-refractivity contribution in [1.82, 2.24) is 14.9 Å². The van der Waals surface area contributed by atoms with Crippen LogP contribution in [0.4, 0.5) is 4.39 Å². The van der Waals surface area contributed by atoms with Crippen LogP contribution in [0.15, 0.2) is 46.4 Å². The summed E-state index contributed by atoms with van der Waals surface area (Å²) in [5.74, 6) is -1.62. The number of hydrogen-bond donors (Lipinski definition) is 2. The lowest BCUT2D eigenvalue weighted by Crippen LogP contribution is -2.42. The lowest BCUT2D eigenvalue weighted by atomic mass is 10.0. The van der Waals surface area contributed by atoms with Gasteiger partial charge in [-0.2, -0.15) is 9.71 Å². The topological polar surface area (TPSA) is 122 Å². The van der Waals surface area contributed by atoms with E-state index in [2.05, 4.69) is 21.4 Å². The maximum Gasteiger partial charge on any atom is 0.322 e. The first-order valence-electron chi connectivity index (χ1n) is 9.72. The van der Waals surface area contributed by atoms with E-state index in [1.54, 1.807) is 0 Å². The normalized spacial score (nSPS) is 12.8. The minimum atomic E-state index is -4.02. The Morgan fingerprint density at radius 2 is 2.00 bits per heavy atom. The van der Waals surface area contributed by atoms with E-state index in [1.807, 2.05) is 27.7 Å². The Hall–Kier alpha value is -2.85. The van der Waals surface area contributed by atoms with Gasteiger partial charge in [-0.05, 0) is 37.1 Å². The fraction of sp³-hybridized carbons (Fsp3) is 0.381. The van der Waals surface area contributed by atoms with Gasteiger partial charge in [0.25, 0.3) is 0 Å². The number of carboxylic acid groups (broad SMARTS) is 1. The molecule has 0 saturated carbocycles. The quantitative estimate of drug-likeness (QED) is 0.550. The molecule has 2 rings (SSSR count). The van der Waals surface area contributed by atoms with Gasteiger partial charge in [0, 0.05) is 5.92 Å². The van der Waals surface area contributed by atoms with Gasteiger partial charge < -0.3 is 9.63 Å². The third-order valence-electron chi connectivity index (χ3n) is 4.02. The highest BCUT2D eigenvalue weighted by Gasteiger charge is 2.26. The zero-order valence-electron chi connectivity index (χ0n) is 18.2. The summed E-state index contributed by atoms with van der Waals surface area (Å²) in [4.78, 5) is 15.6. The van der Waals surface area contributed by atoms with Crippen molar-refractivity contribution in [3.8, 4) is 11.4 Å². The molecule has 0 spiro atoms. The van der Waals surface area contributed by atoms with Gasteiger partial charge in [0.15, 0.2) is 0 Å². The molecule has 1 atom stereocenters. The summed E-state index contributed by atoms with van der Waals surface area (Å²) < 4.78 is 46.1. The molecular formula is C21H28FN3O5S. The van der Waals surface area contributed by atoms with Crippen LogP contribution >= 0.6 is 0 Å². The van der Waals surface area contributed by atoms with E-state index in [4.69, 9.17) is 4.52 Å². The molecule has 0 amide bonds. The van der Waals surface area contributed by atoms with Crippen LogP contribution in [0, 0.1) is 5.82 Å². The average Bonchev–Trinajstić information content (AvgIpc) is 3.19. The standard InChI is InChI=1S/C19H22FN3O5S.C2H6/c1-5-6-12(4)29(26,27)23-16(19(24)25)10-13-7-8-14(15(20)9-13)17-21-18(11(2)3)28-22-17;1-2/h5-9,11,16,23H,1,10H2,2-4H3,(H,24,25);1-2H3/b12-6+;. The maximum absolute atomic E-state index is 14.5. The highest BCUT2D eigenvalue weighted by molar-refractivity contribution is 7.93. The number of rotatable bonds is 9. The van der Waals surface area contributed by atoms with Crippen molar-refractivity contribution >= 4 is 16.0 Å². The lowest BCUT2D eigenvalue weighted by Gasteiger charge is -2.15. The van der Waals surface area contributed by atoms with Crippen LogP contribution in [-0.4, -0.2) is 35.7 Å². The molecule has 8 nitrogen and oxygen atoms in total. The van der Waals surface area contributed by atoms with Crippen molar-refractivity contribution in [1.29, 1.82) is 0 Å². The second kappa shape index (κ2) is 11.5. The Morgan fingerprint density at radius 1 is 1.35 bits per heavy atom. The molecule has 1 heterocycles. The molecule has 0 saturated heterocycles. The largest absolute Gasteiger partial charge is 0.480 e. The Kier molecular flexibility index (Phi) is 9.73.